The summed E-state index contributed by atoms with van der Waals surface area (Å²) in [5, 5.41) is 0.694. The van der Waals surface area contributed by atoms with Crippen molar-refractivity contribution in [3.05, 3.63) is 40.4 Å². The second-order valence-corrected chi connectivity index (χ2v) is 6.67. The van der Waals surface area contributed by atoms with E-state index in [9.17, 15) is 4.79 Å². The third-order valence-electron chi connectivity index (χ3n) is 3.73. The van der Waals surface area contributed by atoms with Crippen molar-refractivity contribution in [2.24, 2.45) is 0 Å². The molecular weight excluding hydrogens is 286 g/mol. The number of carbonyl (C=O) groups excluding carboxylic acids is 1. The summed E-state index contributed by atoms with van der Waals surface area (Å²) in [4.78, 5) is 14.6. The quantitative estimate of drug-likeness (QED) is 0.778. The number of ether oxygens (including phenoxy) is 1. The molecule has 1 amide bonds. The van der Waals surface area contributed by atoms with Crippen LogP contribution in [0.4, 0.5) is 0 Å². The maximum atomic E-state index is 12.7. The molecule has 1 atom stereocenters. The summed E-state index contributed by atoms with van der Waals surface area (Å²) in [7, 11) is 0. The van der Waals surface area contributed by atoms with Gasteiger partial charge in [-0.2, -0.15) is 0 Å². The highest BCUT2D eigenvalue weighted by molar-refractivity contribution is 6.30. The first-order valence-electron chi connectivity index (χ1n) is 7.17. The molecular formula is C17H22ClNO2. The van der Waals surface area contributed by atoms with Gasteiger partial charge in [0.25, 0.3) is 0 Å². The van der Waals surface area contributed by atoms with E-state index in [1.807, 2.05) is 62.9 Å². The molecule has 4 heteroatoms. The Labute approximate surface area is 131 Å². The molecule has 3 nitrogen and oxygen atoms in total. The molecule has 1 heterocycles. The zero-order chi connectivity index (χ0) is 15.6. The maximum absolute atomic E-state index is 12.7. The van der Waals surface area contributed by atoms with Crippen LogP contribution < -0.4 is 0 Å². The van der Waals surface area contributed by atoms with Crippen LogP contribution in [0.1, 0.15) is 33.3 Å². The lowest BCUT2D eigenvalue weighted by atomic mass is 9.99. The molecule has 0 bridgehead atoms. The van der Waals surface area contributed by atoms with Crippen LogP contribution in [-0.4, -0.2) is 35.6 Å². The summed E-state index contributed by atoms with van der Waals surface area (Å²) in [6.45, 7) is 9.10. The van der Waals surface area contributed by atoms with Crippen molar-refractivity contribution in [2.75, 3.05) is 13.2 Å². The van der Waals surface area contributed by atoms with Gasteiger partial charge < -0.3 is 9.64 Å². The van der Waals surface area contributed by atoms with Gasteiger partial charge in [-0.05, 0) is 51.5 Å². The van der Waals surface area contributed by atoms with Gasteiger partial charge in [0.15, 0.2) is 0 Å². The molecule has 0 aromatic heterocycles. The van der Waals surface area contributed by atoms with E-state index in [-0.39, 0.29) is 17.6 Å². The van der Waals surface area contributed by atoms with Crippen molar-refractivity contribution >= 4 is 23.6 Å². The van der Waals surface area contributed by atoms with E-state index in [1.54, 1.807) is 0 Å². The molecule has 0 N–H and O–H groups in total. The Morgan fingerprint density at radius 3 is 2.62 bits per heavy atom. The Kier molecular flexibility index (Phi) is 4.74. The van der Waals surface area contributed by atoms with Crippen LogP contribution >= 0.6 is 11.6 Å². The van der Waals surface area contributed by atoms with Crippen molar-refractivity contribution in [3.8, 4) is 0 Å². The average molecular weight is 308 g/mol. The first kappa shape index (κ1) is 16.1. The van der Waals surface area contributed by atoms with E-state index < -0.39 is 0 Å². The third kappa shape index (κ3) is 3.86. The fourth-order valence-electron chi connectivity index (χ4n) is 2.42. The number of nitrogens with zero attached hydrogens (tertiary/aromatic N) is 1. The first-order chi connectivity index (χ1) is 9.79. The second kappa shape index (κ2) is 6.20. The normalized spacial score (nSPS) is 22.2. The minimum atomic E-state index is -0.279. The Morgan fingerprint density at radius 2 is 2.00 bits per heavy atom. The van der Waals surface area contributed by atoms with E-state index in [4.69, 9.17) is 16.3 Å². The molecule has 2 rings (SSSR count). The molecule has 0 spiro atoms. The van der Waals surface area contributed by atoms with Gasteiger partial charge in [-0.1, -0.05) is 23.7 Å². The minimum Gasteiger partial charge on any atom is -0.374 e. The zero-order valence-electron chi connectivity index (χ0n) is 13.0. The third-order valence-corrected chi connectivity index (χ3v) is 3.98. The van der Waals surface area contributed by atoms with Gasteiger partial charge in [-0.25, -0.2) is 0 Å². The summed E-state index contributed by atoms with van der Waals surface area (Å²) in [5.41, 5.74) is 1.42. The smallest absolute Gasteiger partial charge is 0.250 e. The number of halogens is 1. The van der Waals surface area contributed by atoms with Crippen molar-refractivity contribution in [1.29, 1.82) is 0 Å². The predicted molar refractivity (Wildman–Crippen MR) is 86.3 cm³/mol. The summed E-state index contributed by atoms with van der Waals surface area (Å²) < 4.78 is 5.66. The van der Waals surface area contributed by atoms with Crippen molar-refractivity contribution in [2.45, 2.75) is 39.3 Å². The van der Waals surface area contributed by atoms with Gasteiger partial charge in [-0.3, -0.25) is 4.79 Å². The fourth-order valence-corrected chi connectivity index (χ4v) is 2.55. The lowest BCUT2D eigenvalue weighted by molar-refractivity contribution is -0.148. The highest BCUT2D eigenvalue weighted by atomic mass is 35.5. The minimum absolute atomic E-state index is 0.0603. The molecule has 1 saturated heterocycles. The second-order valence-electron chi connectivity index (χ2n) is 6.23. The van der Waals surface area contributed by atoms with Crippen LogP contribution in [0.5, 0.6) is 0 Å². The molecule has 1 aliphatic heterocycles. The highest BCUT2D eigenvalue weighted by Gasteiger charge is 2.36. The average Bonchev–Trinajstić information content (AvgIpc) is 2.43. The van der Waals surface area contributed by atoms with Crippen molar-refractivity contribution in [1.82, 2.24) is 4.90 Å². The van der Waals surface area contributed by atoms with Crippen LogP contribution in [-0.2, 0) is 9.53 Å². The zero-order valence-corrected chi connectivity index (χ0v) is 13.8. The van der Waals surface area contributed by atoms with Gasteiger partial charge in [0.2, 0.25) is 5.91 Å². The molecule has 1 unspecified atom stereocenters. The number of hydrogen-bond acceptors (Lipinski definition) is 2. The van der Waals surface area contributed by atoms with Crippen LogP contribution in [0, 0.1) is 0 Å². The molecule has 0 radical (unpaired) electrons. The SMILES string of the molecule is C/C(=C\c1ccc(Cl)cc1)C(=O)N1CC(C)OCC1(C)C. The molecule has 0 aliphatic carbocycles. The van der Waals surface area contributed by atoms with Gasteiger partial charge in [0, 0.05) is 17.1 Å². The first-order valence-corrected chi connectivity index (χ1v) is 7.55. The van der Waals surface area contributed by atoms with Crippen LogP contribution in [0.3, 0.4) is 0 Å². The number of benzene rings is 1. The lowest BCUT2D eigenvalue weighted by Crippen LogP contribution is -2.58. The summed E-state index contributed by atoms with van der Waals surface area (Å²) in [6, 6.07) is 7.47. The molecule has 1 aromatic rings. The van der Waals surface area contributed by atoms with Gasteiger partial charge in [0.1, 0.15) is 0 Å². The van der Waals surface area contributed by atoms with Gasteiger partial charge in [0.05, 0.1) is 18.2 Å². The number of amides is 1. The Bertz CT molecular complexity index is 548. The van der Waals surface area contributed by atoms with Gasteiger partial charge >= 0.3 is 0 Å². The highest BCUT2D eigenvalue weighted by Crippen LogP contribution is 2.24. The van der Waals surface area contributed by atoms with E-state index in [0.717, 1.165) is 11.1 Å². The number of morpholine rings is 1. The monoisotopic (exact) mass is 307 g/mol. The van der Waals surface area contributed by atoms with E-state index >= 15 is 0 Å². The maximum Gasteiger partial charge on any atom is 0.250 e. The molecule has 21 heavy (non-hydrogen) atoms. The number of rotatable bonds is 2. The molecule has 1 fully saturated rings. The van der Waals surface area contributed by atoms with E-state index in [0.29, 0.717) is 18.2 Å². The summed E-state index contributed by atoms with van der Waals surface area (Å²) in [6.07, 6.45) is 1.97. The van der Waals surface area contributed by atoms with Crippen LogP contribution in [0.25, 0.3) is 6.08 Å². The Morgan fingerprint density at radius 1 is 1.38 bits per heavy atom. The predicted octanol–water partition coefficient (Wildman–Crippen LogP) is 3.77. The number of carbonyl (C=O) groups is 1. The largest absolute Gasteiger partial charge is 0.374 e. The fraction of sp³-hybridized carbons (Fsp3) is 0.471. The molecule has 1 aromatic carbocycles. The van der Waals surface area contributed by atoms with E-state index in [2.05, 4.69) is 0 Å². The summed E-state index contributed by atoms with van der Waals surface area (Å²) in [5.74, 6) is 0.0603. The molecule has 0 saturated carbocycles. The van der Waals surface area contributed by atoms with Gasteiger partial charge in [-0.15, -0.1) is 0 Å². The standard InChI is InChI=1S/C17H22ClNO2/c1-12(9-14-5-7-15(18)8-6-14)16(20)19-10-13(2)21-11-17(19,3)4/h5-9,13H,10-11H2,1-4H3/b12-9+. The summed E-state index contributed by atoms with van der Waals surface area (Å²) >= 11 is 5.88. The lowest BCUT2D eigenvalue weighted by Gasteiger charge is -2.44. The number of hydrogen-bond donors (Lipinski definition) is 0. The Balaban J connectivity index is 2.19. The molecule has 114 valence electrons. The Hall–Kier alpha value is -1.32. The van der Waals surface area contributed by atoms with Crippen LogP contribution in [0.15, 0.2) is 29.8 Å². The van der Waals surface area contributed by atoms with E-state index in [1.165, 1.54) is 0 Å². The molecule has 1 aliphatic rings. The van der Waals surface area contributed by atoms with Crippen LogP contribution in [0.2, 0.25) is 5.02 Å². The van der Waals surface area contributed by atoms with Crippen molar-refractivity contribution in [3.63, 3.8) is 0 Å². The topological polar surface area (TPSA) is 29.5 Å². The van der Waals surface area contributed by atoms with Crippen molar-refractivity contribution < 1.29 is 9.53 Å².